The smallest absolute Gasteiger partial charge is 0.0374 e. The molecule has 16 heavy (non-hydrogen) atoms. The lowest BCUT2D eigenvalue weighted by Crippen LogP contribution is -2.02. The molecule has 1 aromatic carbocycles. The van der Waals surface area contributed by atoms with Crippen LogP contribution in [0.2, 0.25) is 0 Å². The molecule has 0 N–H and O–H groups in total. The third-order valence-electron chi connectivity index (χ3n) is 3.38. The van der Waals surface area contributed by atoms with Crippen LogP contribution in [0.3, 0.4) is 0 Å². The summed E-state index contributed by atoms with van der Waals surface area (Å²) in [7, 11) is 0. The van der Waals surface area contributed by atoms with Gasteiger partial charge in [0.15, 0.2) is 0 Å². The third-order valence-corrected chi connectivity index (χ3v) is 5.59. The van der Waals surface area contributed by atoms with Crippen LogP contribution in [0.5, 0.6) is 0 Å². The van der Waals surface area contributed by atoms with Crippen molar-refractivity contribution < 1.29 is 0 Å². The van der Waals surface area contributed by atoms with Crippen molar-refractivity contribution in [3.8, 4) is 0 Å². The molecule has 1 fully saturated rings. The van der Waals surface area contributed by atoms with Crippen molar-refractivity contribution in [2.75, 3.05) is 0 Å². The molecule has 84 valence electrons. The molecule has 0 radical (unpaired) electrons. The summed E-state index contributed by atoms with van der Waals surface area (Å²) in [6.45, 7) is 0. The number of benzene rings is 1. The molecule has 1 unspecified atom stereocenters. The van der Waals surface area contributed by atoms with Gasteiger partial charge in [-0.05, 0) is 54.0 Å². The minimum absolute atomic E-state index is 0.739. The van der Waals surface area contributed by atoms with Gasteiger partial charge in [0.05, 0.1) is 0 Å². The Bertz CT molecular complexity index is 484. The van der Waals surface area contributed by atoms with Crippen LogP contribution in [0.25, 0.3) is 10.1 Å². The average molecular weight is 295 g/mol. The van der Waals surface area contributed by atoms with Gasteiger partial charge in [-0.15, -0.1) is 11.3 Å². The summed E-state index contributed by atoms with van der Waals surface area (Å²) >= 11 is 5.69. The van der Waals surface area contributed by atoms with Gasteiger partial charge in [0.1, 0.15) is 0 Å². The summed E-state index contributed by atoms with van der Waals surface area (Å²) < 4.78 is 1.48. The van der Waals surface area contributed by atoms with E-state index in [1.54, 1.807) is 0 Å². The van der Waals surface area contributed by atoms with Gasteiger partial charge >= 0.3 is 0 Å². The largest absolute Gasteiger partial charge is 0.144 e. The highest BCUT2D eigenvalue weighted by Crippen LogP contribution is 2.39. The Hall–Kier alpha value is -0.340. The first-order valence-electron chi connectivity index (χ1n) is 5.94. The number of hydrogen-bond acceptors (Lipinski definition) is 1. The van der Waals surface area contributed by atoms with E-state index in [-0.39, 0.29) is 0 Å². The minimum Gasteiger partial charge on any atom is -0.144 e. The zero-order chi connectivity index (χ0) is 11.0. The zero-order valence-electron chi connectivity index (χ0n) is 9.16. The maximum atomic E-state index is 3.82. The summed E-state index contributed by atoms with van der Waals surface area (Å²) in [5.41, 5.74) is 1.53. The van der Waals surface area contributed by atoms with Crippen LogP contribution in [0.15, 0.2) is 29.6 Å². The number of fused-ring (bicyclic) bond motifs is 1. The number of halogens is 1. The van der Waals surface area contributed by atoms with Gasteiger partial charge in [-0.25, -0.2) is 0 Å². The van der Waals surface area contributed by atoms with Gasteiger partial charge in [-0.2, -0.15) is 0 Å². The van der Waals surface area contributed by atoms with E-state index in [0.29, 0.717) is 0 Å². The lowest BCUT2D eigenvalue weighted by Gasteiger charge is -2.08. The fourth-order valence-corrected chi connectivity index (χ4v) is 3.94. The predicted octanol–water partition coefficient (Wildman–Crippen LogP) is 5.01. The average Bonchev–Trinajstić information content (AvgIpc) is 3.04. The Morgan fingerprint density at radius 1 is 1.31 bits per heavy atom. The Kier molecular flexibility index (Phi) is 3.03. The molecule has 1 aliphatic carbocycles. The van der Waals surface area contributed by atoms with Crippen molar-refractivity contribution >= 4 is 37.4 Å². The van der Waals surface area contributed by atoms with Crippen LogP contribution in [-0.4, -0.2) is 4.83 Å². The van der Waals surface area contributed by atoms with Crippen LogP contribution in [0, 0.1) is 5.92 Å². The second kappa shape index (κ2) is 4.50. The van der Waals surface area contributed by atoms with Crippen LogP contribution in [0.4, 0.5) is 0 Å². The van der Waals surface area contributed by atoms with Crippen molar-refractivity contribution in [3.63, 3.8) is 0 Å². The molecule has 1 atom stereocenters. The standard InChI is InChI=1S/C14H15BrS/c15-13(10-4-5-10)7-6-11-2-1-3-12-8-9-16-14(11)12/h1-3,8-10,13H,4-7H2. The molecule has 1 aromatic heterocycles. The first-order valence-corrected chi connectivity index (χ1v) is 7.73. The molecule has 2 aromatic rings. The van der Waals surface area contributed by atoms with Gasteiger partial charge in [0, 0.05) is 9.53 Å². The number of aryl methyl sites for hydroxylation is 1. The van der Waals surface area contributed by atoms with Crippen molar-refractivity contribution in [3.05, 3.63) is 35.2 Å². The third kappa shape index (κ3) is 2.18. The van der Waals surface area contributed by atoms with E-state index in [2.05, 4.69) is 45.6 Å². The fraction of sp³-hybridized carbons (Fsp3) is 0.429. The maximum Gasteiger partial charge on any atom is 0.0374 e. The molecule has 0 spiro atoms. The van der Waals surface area contributed by atoms with Crippen LogP contribution in [-0.2, 0) is 6.42 Å². The molecule has 0 amide bonds. The Morgan fingerprint density at radius 2 is 2.19 bits per heavy atom. The lowest BCUT2D eigenvalue weighted by molar-refractivity contribution is 0.698. The molecule has 0 nitrogen and oxygen atoms in total. The molecule has 1 saturated carbocycles. The van der Waals surface area contributed by atoms with E-state index in [1.807, 2.05) is 11.3 Å². The van der Waals surface area contributed by atoms with Gasteiger partial charge in [-0.3, -0.25) is 0 Å². The number of rotatable bonds is 4. The number of hydrogen-bond donors (Lipinski definition) is 0. The van der Waals surface area contributed by atoms with E-state index in [1.165, 1.54) is 41.3 Å². The molecule has 1 aliphatic rings. The molecule has 2 heteroatoms. The van der Waals surface area contributed by atoms with Crippen molar-refractivity contribution in [2.24, 2.45) is 5.92 Å². The van der Waals surface area contributed by atoms with Crippen LogP contribution in [0.1, 0.15) is 24.8 Å². The Balaban J connectivity index is 1.75. The van der Waals surface area contributed by atoms with Crippen LogP contribution < -0.4 is 0 Å². The number of alkyl halides is 1. The fourth-order valence-electron chi connectivity index (χ4n) is 2.24. The van der Waals surface area contributed by atoms with Crippen molar-refractivity contribution in [1.82, 2.24) is 0 Å². The SMILES string of the molecule is BrC(CCc1cccc2ccsc12)C1CC1. The van der Waals surface area contributed by atoms with E-state index in [4.69, 9.17) is 0 Å². The van der Waals surface area contributed by atoms with E-state index < -0.39 is 0 Å². The van der Waals surface area contributed by atoms with E-state index in [0.717, 1.165) is 10.7 Å². The second-order valence-corrected chi connectivity index (χ2v) is 6.74. The predicted molar refractivity (Wildman–Crippen MR) is 75.6 cm³/mol. The topological polar surface area (TPSA) is 0 Å². The molecular weight excluding hydrogens is 280 g/mol. The Labute approximate surface area is 109 Å². The highest BCUT2D eigenvalue weighted by atomic mass is 79.9. The molecule has 0 aliphatic heterocycles. The maximum absolute atomic E-state index is 3.82. The van der Waals surface area contributed by atoms with Gasteiger partial charge in [-0.1, -0.05) is 34.1 Å². The van der Waals surface area contributed by atoms with Crippen molar-refractivity contribution in [2.45, 2.75) is 30.5 Å². The highest BCUT2D eigenvalue weighted by Gasteiger charge is 2.28. The molecule has 0 saturated heterocycles. The Morgan fingerprint density at radius 3 is 3.00 bits per heavy atom. The zero-order valence-corrected chi connectivity index (χ0v) is 11.6. The van der Waals surface area contributed by atoms with Crippen LogP contribution >= 0.6 is 27.3 Å². The van der Waals surface area contributed by atoms with E-state index in [9.17, 15) is 0 Å². The second-order valence-electron chi connectivity index (χ2n) is 4.65. The molecule has 3 rings (SSSR count). The lowest BCUT2D eigenvalue weighted by atomic mass is 10.1. The summed E-state index contributed by atoms with van der Waals surface area (Å²) in [5.74, 6) is 0.961. The summed E-state index contributed by atoms with van der Waals surface area (Å²) in [4.78, 5) is 0.739. The quantitative estimate of drug-likeness (QED) is 0.696. The van der Waals surface area contributed by atoms with Gasteiger partial charge in [0.2, 0.25) is 0 Å². The summed E-state index contributed by atoms with van der Waals surface area (Å²) in [6.07, 6.45) is 5.35. The van der Waals surface area contributed by atoms with Gasteiger partial charge in [0.25, 0.3) is 0 Å². The number of thiophene rings is 1. The molecular formula is C14H15BrS. The molecule has 0 bridgehead atoms. The summed E-state index contributed by atoms with van der Waals surface area (Å²) in [5, 5.41) is 3.60. The monoisotopic (exact) mass is 294 g/mol. The van der Waals surface area contributed by atoms with Crippen molar-refractivity contribution in [1.29, 1.82) is 0 Å². The first-order chi connectivity index (χ1) is 7.84. The summed E-state index contributed by atoms with van der Waals surface area (Å²) in [6, 6.07) is 8.90. The minimum atomic E-state index is 0.739. The highest BCUT2D eigenvalue weighted by molar-refractivity contribution is 9.09. The first kappa shape index (κ1) is 10.8. The molecule has 1 heterocycles. The van der Waals surface area contributed by atoms with Gasteiger partial charge < -0.3 is 0 Å². The normalized spacial score (nSPS) is 17.8. The van der Waals surface area contributed by atoms with E-state index >= 15 is 0 Å².